The molecule has 0 unspecified atom stereocenters. The molecule has 0 radical (unpaired) electrons. The quantitative estimate of drug-likeness (QED) is 0.486. The molecule has 0 fully saturated rings. The molecule has 1 aromatic heterocycles. The van der Waals surface area contributed by atoms with Crippen LogP contribution in [0.25, 0.3) is 10.9 Å². The number of pyridine rings is 1. The Morgan fingerprint density at radius 1 is 1.26 bits per heavy atom. The molecular weight excluding hydrogens is 466 g/mol. The molecular formula is C25H23F4N3O3. The number of rotatable bonds is 4. The summed E-state index contributed by atoms with van der Waals surface area (Å²) in [6, 6.07) is 5.22. The minimum atomic E-state index is -4.51. The lowest BCUT2D eigenvalue weighted by molar-refractivity contribution is -0.137. The van der Waals surface area contributed by atoms with Crippen LogP contribution in [0.15, 0.2) is 30.3 Å². The number of carbonyl (C=O) groups is 1. The molecule has 35 heavy (non-hydrogen) atoms. The summed E-state index contributed by atoms with van der Waals surface area (Å²) in [5, 5.41) is 0.581. The average molecular weight is 489 g/mol. The number of fused-ring (bicyclic) bond motifs is 4. The summed E-state index contributed by atoms with van der Waals surface area (Å²) in [7, 11) is 0. The highest BCUT2D eigenvalue weighted by Gasteiger charge is 2.37. The van der Waals surface area contributed by atoms with Crippen LogP contribution in [0.3, 0.4) is 0 Å². The maximum absolute atomic E-state index is 15.2. The van der Waals surface area contributed by atoms with Crippen molar-refractivity contribution in [2.45, 2.75) is 45.2 Å². The Kier molecular flexibility index (Phi) is 5.58. The van der Waals surface area contributed by atoms with Crippen molar-refractivity contribution in [3.05, 3.63) is 64.0 Å². The summed E-state index contributed by atoms with van der Waals surface area (Å²) in [5.41, 5.74) is 7.35. The van der Waals surface area contributed by atoms with Crippen LogP contribution in [0.1, 0.15) is 65.0 Å². The summed E-state index contributed by atoms with van der Waals surface area (Å²) in [5.74, 6) is -0.998. The Hall–Kier alpha value is -3.40. The monoisotopic (exact) mass is 489 g/mol. The molecule has 0 saturated carbocycles. The van der Waals surface area contributed by atoms with E-state index in [-0.39, 0.29) is 43.0 Å². The van der Waals surface area contributed by atoms with E-state index in [1.165, 1.54) is 23.1 Å². The van der Waals surface area contributed by atoms with Crippen molar-refractivity contribution in [1.29, 1.82) is 0 Å². The predicted octanol–water partition coefficient (Wildman–Crippen LogP) is 5.55. The Morgan fingerprint density at radius 2 is 2.03 bits per heavy atom. The fraction of sp³-hybridized carbons (Fsp3) is 0.360. The fourth-order valence-corrected chi connectivity index (χ4v) is 4.87. The Bertz CT molecular complexity index is 1340. The van der Waals surface area contributed by atoms with Crippen molar-refractivity contribution in [3.63, 3.8) is 0 Å². The third kappa shape index (κ3) is 3.85. The lowest BCUT2D eigenvalue weighted by atomic mass is 9.98. The summed E-state index contributed by atoms with van der Waals surface area (Å²) < 4.78 is 65.7. The van der Waals surface area contributed by atoms with Gasteiger partial charge in [0.15, 0.2) is 0 Å². The molecule has 2 aliphatic heterocycles. The molecule has 0 spiro atoms. The molecule has 0 saturated heterocycles. The summed E-state index contributed by atoms with van der Waals surface area (Å²) >= 11 is 0. The maximum Gasteiger partial charge on any atom is 0.416 e. The second kappa shape index (κ2) is 8.37. The molecule has 1 amide bonds. The zero-order chi connectivity index (χ0) is 25.1. The minimum Gasteiger partial charge on any atom is -0.491 e. The summed E-state index contributed by atoms with van der Waals surface area (Å²) in [6.07, 6.45) is -4.22. The van der Waals surface area contributed by atoms with Crippen LogP contribution in [0.4, 0.5) is 23.4 Å². The van der Waals surface area contributed by atoms with Gasteiger partial charge >= 0.3 is 6.18 Å². The van der Waals surface area contributed by atoms with Crippen LogP contribution in [-0.2, 0) is 17.5 Å². The van der Waals surface area contributed by atoms with Crippen molar-refractivity contribution in [2.24, 2.45) is 0 Å². The molecule has 184 valence electrons. The van der Waals surface area contributed by atoms with E-state index in [0.717, 1.165) is 23.3 Å². The smallest absolute Gasteiger partial charge is 0.416 e. The van der Waals surface area contributed by atoms with E-state index in [9.17, 15) is 18.0 Å². The van der Waals surface area contributed by atoms with Crippen LogP contribution in [0.2, 0.25) is 0 Å². The van der Waals surface area contributed by atoms with Gasteiger partial charge < -0.3 is 20.1 Å². The number of hydrogen-bond acceptors (Lipinski definition) is 5. The number of anilines is 1. The number of alkyl halides is 3. The van der Waals surface area contributed by atoms with Gasteiger partial charge in [-0.05, 0) is 37.1 Å². The van der Waals surface area contributed by atoms with E-state index in [4.69, 9.17) is 15.2 Å². The van der Waals surface area contributed by atoms with Crippen molar-refractivity contribution in [2.75, 3.05) is 18.9 Å². The molecule has 5 rings (SSSR count). The van der Waals surface area contributed by atoms with Crippen LogP contribution >= 0.6 is 0 Å². The Morgan fingerprint density at radius 3 is 2.74 bits per heavy atom. The van der Waals surface area contributed by atoms with Crippen LogP contribution in [-0.4, -0.2) is 28.9 Å². The lowest BCUT2D eigenvalue weighted by Crippen LogP contribution is -2.37. The SMILES string of the molecule is CCCN(C(=O)c1cc2c3c(c(N)nc2cc1F)[C@@H](C)OC3)[C@H]1COc2cc(C(F)(F)F)ccc21. The number of halogens is 4. The highest BCUT2D eigenvalue weighted by Crippen LogP contribution is 2.42. The topological polar surface area (TPSA) is 77.7 Å². The third-order valence-corrected chi connectivity index (χ3v) is 6.57. The summed E-state index contributed by atoms with van der Waals surface area (Å²) in [4.78, 5) is 19.4. The van der Waals surface area contributed by atoms with E-state index < -0.39 is 29.5 Å². The number of nitrogen functional groups attached to an aromatic ring is 1. The molecule has 3 aromatic rings. The second-order valence-electron chi connectivity index (χ2n) is 8.77. The number of aromatic nitrogens is 1. The molecule has 0 aliphatic carbocycles. The number of ether oxygens (including phenoxy) is 2. The molecule has 0 bridgehead atoms. The van der Waals surface area contributed by atoms with Gasteiger partial charge in [0.2, 0.25) is 0 Å². The van der Waals surface area contributed by atoms with E-state index in [0.29, 0.717) is 22.9 Å². The average Bonchev–Trinajstić information content (AvgIpc) is 3.40. The van der Waals surface area contributed by atoms with E-state index in [2.05, 4.69) is 4.98 Å². The van der Waals surface area contributed by atoms with Gasteiger partial charge in [0.25, 0.3) is 5.91 Å². The third-order valence-electron chi connectivity index (χ3n) is 6.57. The van der Waals surface area contributed by atoms with Crippen molar-refractivity contribution >= 4 is 22.6 Å². The normalized spacial score (nSPS) is 18.9. The maximum atomic E-state index is 15.2. The highest BCUT2D eigenvalue weighted by atomic mass is 19.4. The van der Waals surface area contributed by atoms with E-state index in [1.54, 1.807) is 0 Å². The van der Waals surface area contributed by atoms with Crippen molar-refractivity contribution in [3.8, 4) is 5.75 Å². The number of hydrogen-bond donors (Lipinski definition) is 1. The Labute approximate surface area is 198 Å². The molecule has 2 N–H and O–H groups in total. The van der Waals surface area contributed by atoms with Gasteiger partial charge in [0.1, 0.15) is 24.0 Å². The largest absolute Gasteiger partial charge is 0.491 e. The number of benzene rings is 2. The first kappa shape index (κ1) is 23.3. The van der Waals surface area contributed by atoms with Crippen molar-refractivity contribution < 1.29 is 31.8 Å². The Balaban J connectivity index is 1.55. The van der Waals surface area contributed by atoms with E-state index >= 15 is 4.39 Å². The standard InChI is InChI=1S/C25H23F4N3O3/c1-3-6-32(20-11-35-21-7-13(25(27,28)29)4-5-14(20)21)24(33)16-8-15-17-10-34-12(2)22(17)23(30)31-19(15)9-18(16)26/h4-5,7-9,12,20H,3,6,10-11H2,1-2H3,(H2,30,31)/t12-,20+/m1/s1. The first-order chi connectivity index (χ1) is 16.6. The zero-order valence-electron chi connectivity index (χ0n) is 19.1. The van der Waals surface area contributed by atoms with Gasteiger partial charge in [-0.2, -0.15) is 13.2 Å². The van der Waals surface area contributed by atoms with Gasteiger partial charge in [-0.3, -0.25) is 4.79 Å². The lowest BCUT2D eigenvalue weighted by Gasteiger charge is -2.28. The van der Waals surface area contributed by atoms with Gasteiger partial charge in [-0.1, -0.05) is 13.0 Å². The number of nitrogens with zero attached hydrogens (tertiary/aromatic N) is 2. The van der Waals surface area contributed by atoms with Crippen LogP contribution in [0.5, 0.6) is 5.75 Å². The fourth-order valence-electron chi connectivity index (χ4n) is 4.87. The molecule has 10 heteroatoms. The van der Waals surface area contributed by atoms with Crippen LogP contribution in [0, 0.1) is 5.82 Å². The molecule has 2 atom stereocenters. The molecule has 2 aliphatic rings. The molecule has 3 heterocycles. The predicted molar refractivity (Wildman–Crippen MR) is 120 cm³/mol. The minimum absolute atomic E-state index is 0.0174. The highest BCUT2D eigenvalue weighted by molar-refractivity contribution is 6.00. The number of amides is 1. The van der Waals surface area contributed by atoms with Gasteiger partial charge in [-0.15, -0.1) is 0 Å². The van der Waals surface area contributed by atoms with Crippen LogP contribution < -0.4 is 10.5 Å². The van der Waals surface area contributed by atoms with E-state index in [1.807, 2.05) is 13.8 Å². The van der Waals surface area contributed by atoms with Crippen molar-refractivity contribution in [1.82, 2.24) is 9.88 Å². The van der Waals surface area contributed by atoms with Gasteiger partial charge in [-0.25, -0.2) is 9.37 Å². The number of carbonyl (C=O) groups excluding carboxylic acids is 1. The first-order valence-corrected chi connectivity index (χ1v) is 11.3. The molecule has 2 aromatic carbocycles. The number of nitrogens with two attached hydrogens (primary N) is 1. The zero-order valence-corrected chi connectivity index (χ0v) is 19.1. The van der Waals surface area contributed by atoms with Gasteiger partial charge in [0, 0.05) is 29.1 Å². The second-order valence-corrected chi connectivity index (χ2v) is 8.77. The van der Waals surface area contributed by atoms with Gasteiger partial charge in [0.05, 0.1) is 35.4 Å². The summed E-state index contributed by atoms with van der Waals surface area (Å²) in [6.45, 7) is 4.22. The molecule has 6 nitrogen and oxygen atoms in total. The first-order valence-electron chi connectivity index (χ1n) is 11.3.